The van der Waals surface area contributed by atoms with Crippen molar-refractivity contribution in [1.82, 2.24) is 15.5 Å². The number of thioether (sulfide) groups is 1. The fourth-order valence-corrected chi connectivity index (χ4v) is 6.32. The van der Waals surface area contributed by atoms with Crippen molar-refractivity contribution in [2.24, 2.45) is 9.98 Å². The fraction of sp³-hybridized carbons (Fsp3) is 0.433. The fourth-order valence-electron chi connectivity index (χ4n) is 5.30. The molecule has 2 atom stereocenters. The van der Waals surface area contributed by atoms with Crippen LogP contribution in [-0.4, -0.2) is 58.1 Å². The van der Waals surface area contributed by atoms with Crippen molar-refractivity contribution >= 4 is 46.2 Å². The van der Waals surface area contributed by atoms with E-state index < -0.39 is 11.3 Å². The smallest absolute Gasteiger partial charge is 0.259 e. The summed E-state index contributed by atoms with van der Waals surface area (Å²) in [5.41, 5.74) is 2.27. The predicted molar refractivity (Wildman–Crippen MR) is 157 cm³/mol. The van der Waals surface area contributed by atoms with Gasteiger partial charge in [0.2, 0.25) is 11.8 Å². The first kappa shape index (κ1) is 27.9. The molecule has 2 heterocycles. The highest BCUT2D eigenvalue weighted by Gasteiger charge is 2.43. The maximum Gasteiger partial charge on any atom is 0.259 e. The van der Waals surface area contributed by atoms with Crippen LogP contribution < -0.4 is 15.4 Å². The molecule has 3 aliphatic rings. The number of carbonyl (C=O) groups is 3. The van der Waals surface area contributed by atoms with Crippen molar-refractivity contribution in [2.75, 3.05) is 7.11 Å². The van der Waals surface area contributed by atoms with Crippen molar-refractivity contribution in [1.29, 1.82) is 0 Å². The van der Waals surface area contributed by atoms with Gasteiger partial charge in [-0.15, -0.1) is 0 Å². The highest BCUT2D eigenvalue weighted by Crippen LogP contribution is 2.36. The lowest BCUT2D eigenvalue weighted by molar-refractivity contribution is -0.128. The monoisotopic (exact) mass is 561 g/mol. The molecule has 0 saturated heterocycles. The second-order valence-electron chi connectivity index (χ2n) is 10.2. The Morgan fingerprint density at radius 1 is 1.10 bits per heavy atom. The largest absolute Gasteiger partial charge is 0.496 e. The lowest BCUT2D eigenvalue weighted by atomic mass is 9.95. The second-order valence-corrected chi connectivity index (χ2v) is 11.4. The standard InChI is InChI=1S/C30H35N5O4S/c1-3-25(28(37)32-20-12-5-4-6-13-20)40-30-34-22-15-9-8-14-21(22)27-33-23(29(38)35(27)30)17-26(36)31-18-19-11-7-10-16-24(19)39-2/h7-11,14-16,20,23,25H,3-6,12-13,17-18H2,1-2H3,(H,31,36)(H,32,37)/t23-,25-/m0/s1. The van der Waals surface area contributed by atoms with Crippen molar-refractivity contribution in [3.63, 3.8) is 0 Å². The molecule has 2 N–H and O–H groups in total. The van der Waals surface area contributed by atoms with Crippen molar-refractivity contribution < 1.29 is 19.1 Å². The number of nitrogens with one attached hydrogen (secondary N) is 2. The van der Waals surface area contributed by atoms with E-state index in [1.807, 2.05) is 55.5 Å². The average molecular weight is 562 g/mol. The third-order valence-electron chi connectivity index (χ3n) is 7.46. The highest BCUT2D eigenvalue weighted by atomic mass is 32.2. The van der Waals surface area contributed by atoms with Crippen LogP contribution >= 0.6 is 11.8 Å². The lowest BCUT2D eigenvalue weighted by Crippen LogP contribution is -2.45. The number of aliphatic imine (C=N–C) groups is 2. The molecule has 1 aliphatic carbocycles. The summed E-state index contributed by atoms with van der Waals surface area (Å²) in [7, 11) is 1.59. The Morgan fingerprint density at radius 2 is 1.85 bits per heavy atom. The minimum atomic E-state index is -0.874. The van der Waals surface area contributed by atoms with Gasteiger partial charge in [0.05, 0.1) is 24.5 Å². The Hall–Kier alpha value is -3.66. The summed E-state index contributed by atoms with van der Waals surface area (Å²) in [5, 5.41) is 6.11. The van der Waals surface area contributed by atoms with Gasteiger partial charge in [-0.25, -0.2) is 9.89 Å². The highest BCUT2D eigenvalue weighted by molar-refractivity contribution is 8.15. The van der Waals surface area contributed by atoms with E-state index in [0.717, 1.165) is 36.8 Å². The van der Waals surface area contributed by atoms with E-state index in [2.05, 4.69) is 10.6 Å². The maximum atomic E-state index is 13.6. The van der Waals surface area contributed by atoms with Crippen LogP contribution in [0.15, 0.2) is 58.5 Å². The Balaban J connectivity index is 1.30. The molecule has 0 bridgehead atoms. The number of para-hydroxylation sites is 2. The zero-order chi connectivity index (χ0) is 28.1. The van der Waals surface area contributed by atoms with Gasteiger partial charge in [0.15, 0.2) is 5.17 Å². The van der Waals surface area contributed by atoms with Gasteiger partial charge in [0.25, 0.3) is 5.91 Å². The lowest BCUT2D eigenvalue weighted by Gasteiger charge is -2.29. The van der Waals surface area contributed by atoms with Crippen LogP contribution in [0.3, 0.4) is 0 Å². The van der Waals surface area contributed by atoms with Gasteiger partial charge in [0, 0.05) is 23.7 Å². The van der Waals surface area contributed by atoms with E-state index in [1.54, 1.807) is 7.11 Å². The van der Waals surface area contributed by atoms with Gasteiger partial charge < -0.3 is 15.4 Å². The normalized spacial score (nSPS) is 19.2. The van der Waals surface area contributed by atoms with Gasteiger partial charge in [0.1, 0.15) is 17.6 Å². The zero-order valence-electron chi connectivity index (χ0n) is 22.9. The molecule has 40 heavy (non-hydrogen) atoms. The number of ether oxygens (including phenoxy) is 1. The predicted octanol–water partition coefficient (Wildman–Crippen LogP) is 4.32. The molecule has 2 aromatic carbocycles. The van der Waals surface area contributed by atoms with E-state index in [1.165, 1.54) is 23.1 Å². The van der Waals surface area contributed by atoms with E-state index in [4.69, 9.17) is 14.7 Å². The number of hydrogen-bond donors (Lipinski definition) is 2. The third kappa shape index (κ3) is 6.06. The number of amidine groups is 2. The first-order chi connectivity index (χ1) is 19.5. The quantitative estimate of drug-likeness (QED) is 0.474. The first-order valence-electron chi connectivity index (χ1n) is 13.9. The van der Waals surface area contributed by atoms with Crippen LogP contribution in [0.5, 0.6) is 5.75 Å². The zero-order valence-corrected chi connectivity index (χ0v) is 23.7. The molecular formula is C30H35N5O4S. The van der Waals surface area contributed by atoms with Crippen LogP contribution in [0.4, 0.5) is 5.69 Å². The molecular weight excluding hydrogens is 526 g/mol. The number of nitrogens with zero attached hydrogens (tertiary/aromatic N) is 3. The maximum absolute atomic E-state index is 13.6. The van der Waals surface area contributed by atoms with Gasteiger partial charge in [-0.1, -0.05) is 68.3 Å². The van der Waals surface area contributed by atoms with Gasteiger partial charge >= 0.3 is 0 Å². The number of benzene rings is 2. The first-order valence-corrected chi connectivity index (χ1v) is 14.8. The molecule has 0 radical (unpaired) electrons. The minimum Gasteiger partial charge on any atom is -0.496 e. The molecule has 0 unspecified atom stereocenters. The Labute approximate surface area is 238 Å². The summed E-state index contributed by atoms with van der Waals surface area (Å²) in [6.07, 6.45) is 5.99. The molecule has 1 saturated carbocycles. The summed E-state index contributed by atoms with van der Waals surface area (Å²) in [6, 6.07) is 14.3. The van der Waals surface area contributed by atoms with E-state index >= 15 is 0 Å². The second kappa shape index (κ2) is 12.7. The summed E-state index contributed by atoms with van der Waals surface area (Å²) >= 11 is 1.29. The summed E-state index contributed by atoms with van der Waals surface area (Å²) in [5.74, 6) is 0.531. The molecule has 2 aliphatic heterocycles. The van der Waals surface area contributed by atoms with Gasteiger partial charge in [-0.2, -0.15) is 0 Å². The topological polar surface area (TPSA) is 112 Å². The van der Waals surface area contributed by atoms with Crippen LogP contribution in [0.25, 0.3) is 0 Å². The third-order valence-corrected chi connectivity index (χ3v) is 8.77. The summed E-state index contributed by atoms with van der Waals surface area (Å²) < 4.78 is 5.36. The van der Waals surface area contributed by atoms with Crippen LogP contribution in [-0.2, 0) is 20.9 Å². The van der Waals surface area contributed by atoms with Crippen LogP contribution in [0.1, 0.15) is 63.0 Å². The number of carbonyl (C=O) groups excluding carboxylic acids is 3. The van der Waals surface area contributed by atoms with E-state index in [0.29, 0.717) is 28.9 Å². The van der Waals surface area contributed by atoms with E-state index in [-0.39, 0.29) is 36.7 Å². The van der Waals surface area contributed by atoms with Crippen molar-refractivity contribution in [3.8, 4) is 5.75 Å². The molecule has 2 aromatic rings. The molecule has 10 heteroatoms. The summed E-state index contributed by atoms with van der Waals surface area (Å²) in [6.45, 7) is 2.24. The Bertz CT molecular complexity index is 1340. The average Bonchev–Trinajstić information content (AvgIpc) is 3.31. The van der Waals surface area contributed by atoms with Gasteiger partial charge in [-0.3, -0.25) is 19.4 Å². The number of amides is 3. The van der Waals surface area contributed by atoms with Crippen molar-refractivity contribution in [3.05, 3.63) is 59.7 Å². The van der Waals surface area contributed by atoms with E-state index in [9.17, 15) is 14.4 Å². The molecule has 0 aromatic heterocycles. The number of hydrogen-bond acceptors (Lipinski definition) is 7. The number of methoxy groups -OCH3 is 1. The Kier molecular flexibility index (Phi) is 8.84. The molecule has 5 rings (SSSR count). The number of rotatable bonds is 9. The van der Waals surface area contributed by atoms with Crippen LogP contribution in [0.2, 0.25) is 0 Å². The molecule has 9 nitrogen and oxygen atoms in total. The van der Waals surface area contributed by atoms with Crippen molar-refractivity contribution in [2.45, 2.75) is 75.7 Å². The summed E-state index contributed by atoms with van der Waals surface area (Å²) in [4.78, 5) is 50.7. The number of fused-ring (bicyclic) bond motifs is 3. The minimum absolute atomic E-state index is 0.0293. The Morgan fingerprint density at radius 3 is 2.62 bits per heavy atom. The SMILES string of the molecule is CC[C@H](SC1=Nc2ccccc2C2=N[C@@H](CC(=O)NCc3ccccc3OC)C(=O)N12)C(=O)NC1CCCCC1. The van der Waals surface area contributed by atoms with Crippen LogP contribution in [0, 0.1) is 0 Å². The van der Waals surface area contributed by atoms with Gasteiger partial charge in [-0.05, 0) is 37.5 Å². The molecule has 210 valence electrons. The molecule has 3 amide bonds. The molecule has 0 spiro atoms. The molecule has 1 fully saturated rings.